The summed E-state index contributed by atoms with van der Waals surface area (Å²) in [6.45, 7) is 1.61. The molecule has 0 saturated carbocycles. The molecule has 7 heteroatoms. The number of benzene rings is 1. The van der Waals surface area contributed by atoms with E-state index in [1.165, 1.54) is 6.07 Å². The summed E-state index contributed by atoms with van der Waals surface area (Å²) in [7, 11) is 0. The molecule has 1 atom stereocenters. The third-order valence-electron chi connectivity index (χ3n) is 3.41. The lowest BCUT2D eigenvalue weighted by molar-refractivity contribution is 0.500. The molecule has 5 nitrogen and oxygen atoms in total. The zero-order valence-corrected chi connectivity index (χ0v) is 12.4. The summed E-state index contributed by atoms with van der Waals surface area (Å²) in [5, 5.41) is 6.98. The molecule has 1 aliphatic rings. The van der Waals surface area contributed by atoms with Crippen LogP contribution in [0.1, 0.15) is 12.8 Å². The Kier molecular flexibility index (Phi) is 3.71. The zero-order chi connectivity index (χ0) is 14.1. The van der Waals surface area contributed by atoms with E-state index in [4.69, 9.17) is 5.73 Å². The van der Waals surface area contributed by atoms with Crippen LogP contribution in [0.25, 0.3) is 11.4 Å². The minimum Gasteiger partial charge on any atom is -0.338 e. The summed E-state index contributed by atoms with van der Waals surface area (Å²) in [4.78, 5) is 6.42. The first kappa shape index (κ1) is 13.5. The van der Waals surface area contributed by atoms with E-state index >= 15 is 0 Å². The third-order valence-corrected chi connectivity index (χ3v) is 4.07. The molecule has 2 aromatic rings. The highest BCUT2D eigenvalue weighted by Gasteiger charge is 2.21. The average molecular weight is 340 g/mol. The number of nitrogens with zero attached hydrogens (tertiary/aromatic N) is 3. The summed E-state index contributed by atoms with van der Waals surface area (Å²) in [5.41, 5.74) is 6.35. The van der Waals surface area contributed by atoms with Crippen LogP contribution in [0.15, 0.2) is 22.7 Å². The van der Waals surface area contributed by atoms with Crippen LogP contribution in [-0.2, 0) is 0 Å². The van der Waals surface area contributed by atoms with Gasteiger partial charge in [0.05, 0.1) is 5.56 Å². The van der Waals surface area contributed by atoms with Crippen molar-refractivity contribution in [3.8, 4) is 11.4 Å². The van der Waals surface area contributed by atoms with Gasteiger partial charge in [-0.25, -0.2) is 4.39 Å². The minimum absolute atomic E-state index is 0.144. The normalized spacial score (nSPS) is 19.4. The Balaban J connectivity index is 1.90. The number of hydrogen-bond acceptors (Lipinski definition) is 4. The first-order valence-electron chi connectivity index (χ1n) is 6.52. The highest BCUT2D eigenvalue weighted by atomic mass is 79.9. The van der Waals surface area contributed by atoms with E-state index in [2.05, 4.69) is 31.1 Å². The standard InChI is InChI=1S/C13H15BrFN5/c14-9-4-1-5-10(15)11(9)12-17-13(19-18-12)20-6-2-3-8(16)7-20/h1,4-5,8H,2-3,6-7,16H2,(H,17,18,19). The van der Waals surface area contributed by atoms with E-state index < -0.39 is 0 Å². The molecule has 20 heavy (non-hydrogen) atoms. The van der Waals surface area contributed by atoms with Gasteiger partial charge >= 0.3 is 0 Å². The number of anilines is 1. The predicted molar refractivity (Wildman–Crippen MR) is 78.9 cm³/mol. The fourth-order valence-electron chi connectivity index (χ4n) is 2.42. The van der Waals surface area contributed by atoms with Crippen molar-refractivity contribution < 1.29 is 4.39 Å². The van der Waals surface area contributed by atoms with Gasteiger partial charge in [-0.2, -0.15) is 4.98 Å². The van der Waals surface area contributed by atoms with Gasteiger partial charge in [-0.3, -0.25) is 5.10 Å². The number of hydrogen-bond donors (Lipinski definition) is 2. The van der Waals surface area contributed by atoms with Crippen molar-refractivity contribution in [1.82, 2.24) is 15.2 Å². The number of piperidine rings is 1. The predicted octanol–water partition coefficient (Wildman–Crippen LogP) is 2.30. The number of aromatic nitrogens is 3. The van der Waals surface area contributed by atoms with Gasteiger partial charge in [-0.15, -0.1) is 5.10 Å². The van der Waals surface area contributed by atoms with Crippen LogP contribution in [0.3, 0.4) is 0 Å². The minimum atomic E-state index is -0.336. The van der Waals surface area contributed by atoms with Crippen LogP contribution in [-0.4, -0.2) is 34.3 Å². The smallest absolute Gasteiger partial charge is 0.245 e. The average Bonchev–Trinajstić information content (AvgIpc) is 2.88. The van der Waals surface area contributed by atoms with Crippen LogP contribution in [0.4, 0.5) is 10.3 Å². The van der Waals surface area contributed by atoms with Gasteiger partial charge < -0.3 is 10.6 Å². The van der Waals surface area contributed by atoms with Crippen molar-refractivity contribution in [3.63, 3.8) is 0 Å². The molecule has 106 valence electrons. The second-order valence-electron chi connectivity index (χ2n) is 4.93. The van der Waals surface area contributed by atoms with Crippen molar-refractivity contribution in [1.29, 1.82) is 0 Å². The summed E-state index contributed by atoms with van der Waals surface area (Å²) in [6.07, 6.45) is 2.04. The molecular formula is C13H15BrFN5. The van der Waals surface area contributed by atoms with Gasteiger partial charge in [0.15, 0.2) is 5.82 Å². The number of nitrogens with two attached hydrogens (primary N) is 1. The maximum atomic E-state index is 13.9. The molecule has 0 aliphatic carbocycles. The van der Waals surface area contributed by atoms with Crippen molar-refractivity contribution in [3.05, 3.63) is 28.5 Å². The van der Waals surface area contributed by atoms with Crippen LogP contribution in [0, 0.1) is 5.82 Å². The largest absolute Gasteiger partial charge is 0.338 e. The van der Waals surface area contributed by atoms with Crippen LogP contribution in [0.5, 0.6) is 0 Å². The highest BCUT2D eigenvalue weighted by molar-refractivity contribution is 9.10. The van der Waals surface area contributed by atoms with Gasteiger partial charge in [-0.05, 0) is 40.9 Å². The summed E-state index contributed by atoms with van der Waals surface area (Å²) < 4.78 is 14.5. The molecule has 0 spiro atoms. The summed E-state index contributed by atoms with van der Waals surface area (Å²) >= 11 is 3.34. The molecule has 1 aromatic heterocycles. The molecule has 3 rings (SSSR count). The van der Waals surface area contributed by atoms with Gasteiger partial charge in [0.25, 0.3) is 0 Å². The zero-order valence-electron chi connectivity index (χ0n) is 10.8. The van der Waals surface area contributed by atoms with E-state index in [-0.39, 0.29) is 11.9 Å². The SMILES string of the molecule is NC1CCCN(c2n[nH]c(-c3c(F)cccc3Br)n2)C1. The fraction of sp³-hybridized carbons (Fsp3) is 0.385. The van der Waals surface area contributed by atoms with Crippen molar-refractivity contribution in [2.24, 2.45) is 5.73 Å². The van der Waals surface area contributed by atoms with Crippen LogP contribution < -0.4 is 10.6 Å². The Morgan fingerprint density at radius 2 is 2.30 bits per heavy atom. The monoisotopic (exact) mass is 339 g/mol. The first-order valence-corrected chi connectivity index (χ1v) is 7.32. The van der Waals surface area contributed by atoms with E-state index in [9.17, 15) is 4.39 Å². The molecule has 0 radical (unpaired) electrons. The first-order chi connectivity index (χ1) is 9.65. The van der Waals surface area contributed by atoms with Gasteiger partial charge in [0.2, 0.25) is 5.95 Å². The van der Waals surface area contributed by atoms with Gasteiger partial charge in [0, 0.05) is 23.6 Å². The number of aromatic amines is 1. The van der Waals surface area contributed by atoms with Crippen molar-refractivity contribution in [2.75, 3.05) is 18.0 Å². The van der Waals surface area contributed by atoms with E-state index in [1.54, 1.807) is 12.1 Å². The Morgan fingerprint density at radius 3 is 3.05 bits per heavy atom. The van der Waals surface area contributed by atoms with Crippen molar-refractivity contribution in [2.45, 2.75) is 18.9 Å². The highest BCUT2D eigenvalue weighted by Crippen LogP contribution is 2.29. The summed E-state index contributed by atoms with van der Waals surface area (Å²) in [6, 6.07) is 4.96. The molecule has 2 heterocycles. The Hall–Kier alpha value is -1.47. The molecule has 1 fully saturated rings. The second kappa shape index (κ2) is 5.49. The van der Waals surface area contributed by atoms with E-state index in [0.717, 1.165) is 25.9 Å². The molecular weight excluding hydrogens is 325 g/mol. The van der Waals surface area contributed by atoms with E-state index in [1.807, 2.05) is 4.90 Å². The topological polar surface area (TPSA) is 70.8 Å². The van der Waals surface area contributed by atoms with Crippen molar-refractivity contribution >= 4 is 21.9 Å². The Bertz CT molecular complexity index is 594. The maximum absolute atomic E-state index is 13.9. The Morgan fingerprint density at radius 1 is 1.45 bits per heavy atom. The molecule has 0 bridgehead atoms. The second-order valence-corrected chi connectivity index (χ2v) is 5.78. The Labute approximate surface area is 124 Å². The molecule has 3 N–H and O–H groups in total. The lowest BCUT2D eigenvalue weighted by Crippen LogP contribution is -2.43. The van der Waals surface area contributed by atoms with E-state index in [0.29, 0.717) is 21.8 Å². The van der Waals surface area contributed by atoms with Gasteiger partial charge in [0.1, 0.15) is 5.82 Å². The molecule has 1 aromatic carbocycles. The van der Waals surface area contributed by atoms with Crippen LogP contribution >= 0.6 is 15.9 Å². The molecule has 1 saturated heterocycles. The lowest BCUT2D eigenvalue weighted by Gasteiger charge is -2.29. The summed E-state index contributed by atoms with van der Waals surface area (Å²) in [5.74, 6) is 0.659. The molecule has 0 amide bonds. The molecule has 1 unspecified atom stereocenters. The number of halogens is 2. The lowest BCUT2D eigenvalue weighted by atomic mass is 10.1. The quantitative estimate of drug-likeness (QED) is 0.880. The van der Waals surface area contributed by atoms with Gasteiger partial charge in [-0.1, -0.05) is 6.07 Å². The maximum Gasteiger partial charge on any atom is 0.245 e. The number of H-pyrrole nitrogens is 1. The third kappa shape index (κ3) is 2.55. The molecule has 1 aliphatic heterocycles. The number of nitrogens with one attached hydrogen (secondary N) is 1. The number of rotatable bonds is 2. The fourth-order valence-corrected chi connectivity index (χ4v) is 2.95. The van der Waals surface area contributed by atoms with Crippen LogP contribution in [0.2, 0.25) is 0 Å².